The second-order valence-corrected chi connectivity index (χ2v) is 6.55. The van der Waals surface area contributed by atoms with Crippen molar-refractivity contribution in [2.75, 3.05) is 33.6 Å². The third kappa shape index (κ3) is 3.11. The lowest BCUT2D eigenvalue weighted by Gasteiger charge is -2.27. The first-order valence-corrected chi connectivity index (χ1v) is 8.30. The predicted octanol–water partition coefficient (Wildman–Crippen LogP) is 2.94. The SMILES string of the molecule is COc1cc(OC)c(C2SCCN2C(=O)C(C)C)cc1OC. The Morgan fingerprint density at radius 2 is 1.73 bits per heavy atom. The number of rotatable bonds is 5. The van der Waals surface area contributed by atoms with E-state index in [4.69, 9.17) is 14.2 Å². The molecule has 1 aliphatic rings. The maximum atomic E-state index is 12.4. The van der Waals surface area contributed by atoms with E-state index in [0.29, 0.717) is 17.2 Å². The van der Waals surface area contributed by atoms with E-state index in [1.165, 1.54) is 0 Å². The number of nitrogens with zero attached hydrogens (tertiary/aromatic N) is 1. The topological polar surface area (TPSA) is 48.0 Å². The van der Waals surface area contributed by atoms with Crippen LogP contribution in [0.2, 0.25) is 0 Å². The zero-order valence-electron chi connectivity index (χ0n) is 13.7. The maximum Gasteiger partial charge on any atom is 0.226 e. The van der Waals surface area contributed by atoms with E-state index in [1.807, 2.05) is 30.9 Å². The minimum absolute atomic E-state index is 0.0210. The summed E-state index contributed by atoms with van der Waals surface area (Å²) in [6, 6.07) is 3.71. The van der Waals surface area contributed by atoms with Gasteiger partial charge in [-0.3, -0.25) is 4.79 Å². The Kier molecular flexibility index (Phi) is 5.45. The molecule has 0 spiro atoms. The number of carbonyl (C=O) groups excluding carboxylic acids is 1. The van der Waals surface area contributed by atoms with Crippen LogP contribution in [0.15, 0.2) is 12.1 Å². The lowest BCUT2D eigenvalue weighted by Crippen LogP contribution is -2.33. The second-order valence-electron chi connectivity index (χ2n) is 5.36. The molecular weight excluding hydrogens is 302 g/mol. The largest absolute Gasteiger partial charge is 0.496 e. The first-order chi connectivity index (χ1) is 10.5. The van der Waals surface area contributed by atoms with Gasteiger partial charge >= 0.3 is 0 Å². The molecule has 1 aromatic carbocycles. The summed E-state index contributed by atoms with van der Waals surface area (Å²) in [6.07, 6.45) is 0. The molecule has 1 aromatic rings. The Labute approximate surface area is 135 Å². The number of carbonyl (C=O) groups is 1. The number of ether oxygens (including phenoxy) is 3. The minimum atomic E-state index is -0.0512. The van der Waals surface area contributed by atoms with Crippen LogP contribution < -0.4 is 14.2 Å². The molecule has 0 radical (unpaired) electrons. The number of amides is 1. The summed E-state index contributed by atoms with van der Waals surface area (Å²) in [4.78, 5) is 14.3. The summed E-state index contributed by atoms with van der Waals surface area (Å²) in [6.45, 7) is 4.60. The molecule has 122 valence electrons. The summed E-state index contributed by atoms with van der Waals surface area (Å²) < 4.78 is 16.2. The lowest BCUT2D eigenvalue weighted by molar-refractivity contribution is -0.134. The molecule has 0 bridgehead atoms. The summed E-state index contributed by atoms with van der Waals surface area (Å²) in [5.41, 5.74) is 0.941. The van der Waals surface area contributed by atoms with Crippen molar-refractivity contribution < 1.29 is 19.0 Å². The summed E-state index contributed by atoms with van der Waals surface area (Å²) in [5, 5.41) is -0.0512. The monoisotopic (exact) mass is 325 g/mol. The van der Waals surface area contributed by atoms with Crippen molar-refractivity contribution in [1.29, 1.82) is 0 Å². The van der Waals surface area contributed by atoms with Crippen molar-refractivity contribution >= 4 is 17.7 Å². The molecule has 1 fully saturated rings. The Hall–Kier alpha value is -1.56. The van der Waals surface area contributed by atoms with Crippen LogP contribution in [0, 0.1) is 5.92 Å². The zero-order valence-corrected chi connectivity index (χ0v) is 14.5. The van der Waals surface area contributed by atoms with Crippen molar-refractivity contribution in [1.82, 2.24) is 4.90 Å². The third-order valence-corrected chi connectivity index (χ3v) is 4.91. The van der Waals surface area contributed by atoms with Gasteiger partial charge in [0, 0.05) is 29.8 Å². The number of hydrogen-bond acceptors (Lipinski definition) is 5. The lowest BCUT2D eigenvalue weighted by atomic mass is 10.1. The van der Waals surface area contributed by atoms with Crippen LogP contribution in [0.4, 0.5) is 0 Å². The van der Waals surface area contributed by atoms with Gasteiger partial charge in [-0.2, -0.15) is 0 Å². The molecule has 5 nitrogen and oxygen atoms in total. The molecule has 2 rings (SSSR count). The Morgan fingerprint density at radius 1 is 1.14 bits per heavy atom. The van der Waals surface area contributed by atoms with Gasteiger partial charge in [0.1, 0.15) is 11.1 Å². The first kappa shape index (κ1) is 16.8. The highest BCUT2D eigenvalue weighted by Crippen LogP contribution is 2.46. The van der Waals surface area contributed by atoms with Crippen LogP contribution in [0.1, 0.15) is 24.8 Å². The third-order valence-electron chi connectivity index (χ3n) is 3.67. The minimum Gasteiger partial charge on any atom is -0.496 e. The first-order valence-electron chi connectivity index (χ1n) is 7.25. The van der Waals surface area contributed by atoms with Gasteiger partial charge in [-0.1, -0.05) is 13.8 Å². The number of hydrogen-bond donors (Lipinski definition) is 0. The molecule has 1 aliphatic heterocycles. The van der Waals surface area contributed by atoms with Crippen LogP contribution in [-0.4, -0.2) is 44.4 Å². The molecule has 0 N–H and O–H groups in total. The Bertz CT molecular complexity index is 547. The molecule has 1 heterocycles. The van der Waals surface area contributed by atoms with Crippen LogP contribution in [0.3, 0.4) is 0 Å². The van der Waals surface area contributed by atoms with Gasteiger partial charge in [0.25, 0.3) is 0 Å². The normalized spacial score (nSPS) is 17.7. The van der Waals surface area contributed by atoms with Crippen molar-refractivity contribution in [2.24, 2.45) is 5.92 Å². The molecule has 1 unspecified atom stereocenters. The number of methoxy groups -OCH3 is 3. The number of benzene rings is 1. The number of thioether (sulfide) groups is 1. The van der Waals surface area contributed by atoms with Gasteiger partial charge in [-0.15, -0.1) is 11.8 Å². The molecule has 1 atom stereocenters. The van der Waals surface area contributed by atoms with Gasteiger partial charge in [-0.25, -0.2) is 0 Å². The van der Waals surface area contributed by atoms with Crippen LogP contribution in [0.5, 0.6) is 17.2 Å². The molecule has 0 saturated carbocycles. The van der Waals surface area contributed by atoms with E-state index in [0.717, 1.165) is 17.9 Å². The van der Waals surface area contributed by atoms with Crippen LogP contribution in [-0.2, 0) is 4.79 Å². The molecule has 1 saturated heterocycles. The maximum absolute atomic E-state index is 12.4. The quantitative estimate of drug-likeness (QED) is 0.833. The predicted molar refractivity (Wildman–Crippen MR) is 87.8 cm³/mol. The van der Waals surface area contributed by atoms with Gasteiger partial charge in [0.2, 0.25) is 5.91 Å². The summed E-state index contributed by atoms with van der Waals surface area (Å²) in [5.74, 6) is 3.02. The molecule has 1 amide bonds. The van der Waals surface area contributed by atoms with Crippen molar-refractivity contribution in [2.45, 2.75) is 19.2 Å². The van der Waals surface area contributed by atoms with E-state index in [1.54, 1.807) is 33.1 Å². The molecular formula is C16H23NO4S. The highest BCUT2D eigenvalue weighted by atomic mass is 32.2. The molecule has 22 heavy (non-hydrogen) atoms. The van der Waals surface area contributed by atoms with Gasteiger partial charge in [0.15, 0.2) is 11.5 Å². The van der Waals surface area contributed by atoms with E-state index < -0.39 is 0 Å². The van der Waals surface area contributed by atoms with E-state index in [2.05, 4.69) is 0 Å². The smallest absolute Gasteiger partial charge is 0.226 e. The van der Waals surface area contributed by atoms with Crippen LogP contribution in [0.25, 0.3) is 0 Å². The average Bonchev–Trinajstić information content (AvgIpc) is 3.01. The molecule has 6 heteroatoms. The van der Waals surface area contributed by atoms with Crippen LogP contribution >= 0.6 is 11.8 Å². The summed E-state index contributed by atoms with van der Waals surface area (Å²) >= 11 is 1.74. The van der Waals surface area contributed by atoms with Gasteiger partial charge in [0.05, 0.1) is 21.3 Å². The summed E-state index contributed by atoms with van der Waals surface area (Å²) in [7, 11) is 4.82. The fourth-order valence-corrected chi connectivity index (χ4v) is 3.81. The molecule has 0 aromatic heterocycles. The Morgan fingerprint density at radius 3 is 2.27 bits per heavy atom. The average molecular weight is 325 g/mol. The van der Waals surface area contributed by atoms with Gasteiger partial charge < -0.3 is 19.1 Å². The zero-order chi connectivity index (χ0) is 16.3. The van der Waals surface area contributed by atoms with Crippen molar-refractivity contribution in [3.63, 3.8) is 0 Å². The fraction of sp³-hybridized carbons (Fsp3) is 0.562. The van der Waals surface area contributed by atoms with Gasteiger partial charge in [-0.05, 0) is 6.07 Å². The van der Waals surface area contributed by atoms with E-state index in [-0.39, 0.29) is 17.2 Å². The van der Waals surface area contributed by atoms with Crippen molar-refractivity contribution in [3.8, 4) is 17.2 Å². The standard InChI is InChI=1S/C16H23NO4S/c1-10(2)15(18)17-6-7-22-16(17)11-8-13(20-4)14(21-5)9-12(11)19-3/h8-10,16H,6-7H2,1-5H3. The fourth-order valence-electron chi connectivity index (χ4n) is 2.53. The highest BCUT2D eigenvalue weighted by Gasteiger charge is 2.34. The Balaban J connectivity index is 2.43. The van der Waals surface area contributed by atoms with E-state index >= 15 is 0 Å². The second kappa shape index (κ2) is 7.13. The highest BCUT2D eigenvalue weighted by molar-refractivity contribution is 7.99. The van der Waals surface area contributed by atoms with E-state index in [9.17, 15) is 4.79 Å². The molecule has 0 aliphatic carbocycles. The van der Waals surface area contributed by atoms with Crippen molar-refractivity contribution in [3.05, 3.63) is 17.7 Å².